The Bertz CT molecular complexity index is 687. The highest BCUT2D eigenvalue weighted by Crippen LogP contribution is 2.34. The van der Waals surface area contributed by atoms with Crippen molar-refractivity contribution in [3.8, 4) is 0 Å². The number of fused-ring (bicyclic) bond motifs is 1. The number of carbonyl (C=O) groups is 1. The van der Waals surface area contributed by atoms with Gasteiger partial charge in [0.2, 0.25) is 5.65 Å². The third-order valence-electron chi connectivity index (χ3n) is 4.75. The predicted octanol–water partition coefficient (Wildman–Crippen LogP) is 1.53. The van der Waals surface area contributed by atoms with Crippen LogP contribution in [0.1, 0.15) is 42.5 Å². The van der Waals surface area contributed by atoms with E-state index in [4.69, 9.17) is 4.74 Å². The maximum absolute atomic E-state index is 12.9. The average Bonchev–Trinajstić information content (AvgIpc) is 3.03. The molecule has 2 fully saturated rings. The van der Waals surface area contributed by atoms with E-state index in [2.05, 4.69) is 20.4 Å². The number of hydrogen-bond donors (Lipinski definition) is 1. The molecule has 2 aromatic heterocycles. The topological polar surface area (TPSA) is 84.0 Å². The van der Waals surface area contributed by atoms with Crippen molar-refractivity contribution in [2.45, 2.75) is 37.7 Å². The summed E-state index contributed by atoms with van der Waals surface area (Å²) in [6, 6.07) is 1.72. The van der Waals surface area contributed by atoms with Crippen LogP contribution in [0.25, 0.3) is 11.2 Å². The van der Waals surface area contributed by atoms with Crippen molar-refractivity contribution in [3.63, 3.8) is 0 Å². The van der Waals surface area contributed by atoms with Gasteiger partial charge in [-0.05, 0) is 18.9 Å². The van der Waals surface area contributed by atoms with Gasteiger partial charge in [0, 0.05) is 12.7 Å². The second kappa shape index (κ2) is 5.31. The molecule has 1 amide bonds. The highest BCUT2D eigenvalue weighted by Gasteiger charge is 2.39. The molecule has 2 aliphatic rings. The highest BCUT2D eigenvalue weighted by atomic mass is 16.5. The Kier molecular flexibility index (Phi) is 3.29. The van der Waals surface area contributed by atoms with E-state index in [1.54, 1.807) is 12.3 Å². The summed E-state index contributed by atoms with van der Waals surface area (Å²) in [6.07, 6.45) is 7.34. The zero-order chi connectivity index (χ0) is 15.0. The van der Waals surface area contributed by atoms with Crippen LogP contribution in [0.3, 0.4) is 0 Å². The summed E-state index contributed by atoms with van der Waals surface area (Å²) in [5.41, 5.74) is 1.44. The van der Waals surface area contributed by atoms with Crippen LogP contribution in [-0.4, -0.2) is 56.5 Å². The summed E-state index contributed by atoms with van der Waals surface area (Å²) >= 11 is 0. The Morgan fingerprint density at radius 2 is 2.14 bits per heavy atom. The number of aromatic nitrogens is 4. The van der Waals surface area contributed by atoms with E-state index in [1.165, 1.54) is 19.3 Å². The molecule has 0 bridgehead atoms. The summed E-state index contributed by atoms with van der Waals surface area (Å²) in [4.78, 5) is 18.9. The predicted molar refractivity (Wildman–Crippen MR) is 79.4 cm³/mol. The maximum atomic E-state index is 12.9. The van der Waals surface area contributed by atoms with Gasteiger partial charge >= 0.3 is 0 Å². The van der Waals surface area contributed by atoms with Gasteiger partial charge in [0.1, 0.15) is 5.52 Å². The number of hydrogen-bond acceptors (Lipinski definition) is 5. The molecule has 0 atom stereocenters. The fraction of sp³-hybridized carbons (Fsp3) is 0.600. The zero-order valence-corrected chi connectivity index (χ0v) is 12.4. The SMILES string of the molecule is O=C(c1ccnc2n[nH]nc12)N1CCOC2(CCCCC2)C1. The van der Waals surface area contributed by atoms with Crippen molar-refractivity contribution < 1.29 is 9.53 Å². The van der Waals surface area contributed by atoms with E-state index in [1.807, 2.05) is 4.90 Å². The van der Waals surface area contributed by atoms with Crippen molar-refractivity contribution in [3.05, 3.63) is 17.8 Å². The van der Waals surface area contributed by atoms with Crippen molar-refractivity contribution in [1.82, 2.24) is 25.3 Å². The number of pyridine rings is 1. The molecule has 0 aromatic carbocycles. The molecule has 22 heavy (non-hydrogen) atoms. The van der Waals surface area contributed by atoms with E-state index in [-0.39, 0.29) is 11.5 Å². The molecule has 0 unspecified atom stereocenters. The summed E-state index contributed by atoms with van der Waals surface area (Å²) < 4.78 is 6.05. The summed E-state index contributed by atoms with van der Waals surface area (Å²) in [7, 11) is 0. The number of morpholine rings is 1. The minimum absolute atomic E-state index is 0.00505. The van der Waals surface area contributed by atoms with Gasteiger partial charge in [-0.1, -0.05) is 19.3 Å². The minimum atomic E-state index is -0.137. The monoisotopic (exact) mass is 301 g/mol. The van der Waals surface area contributed by atoms with Gasteiger partial charge in [-0.15, -0.1) is 5.10 Å². The van der Waals surface area contributed by atoms with E-state index >= 15 is 0 Å². The molecule has 1 aliphatic carbocycles. The van der Waals surface area contributed by atoms with Crippen LogP contribution in [0.15, 0.2) is 12.3 Å². The van der Waals surface area contributed by atoms with Gasteiger partial charge in [-0.25, -0.2) is 4.98 Å². The molecule has 7 heteroatoms. The Hall–Kier alpha value is -2.02. The number of aromatic amines is 1. The van der Waals surface area contributed by atoms with Gasteiger partial charge in [0.25, 0.3) is 5.91 Å². The first kappa shape index (κ1) is 13.6. The molecule has 116 valence electrons. The average molecular weight is 301 g/mol. The number of H-pyrrole nitrogens is 1. The number of nitrogens with zero attached hydrogens (tertiary/aromatic N) is 4. The van der Waals surface area contributed by atoms with Crippen LogP contribution in [0.2, 0.25) is 0 Å². The van der Waals surface area contributed by atoms with Gasteiger partial charge in [0.15, 0.2) is 0 Å². The standard InChI is InChI=1S/C15H19N5O2/c21-14(11-4-7-16-13-12(11)17-19-18-13)20-8-9-22-15(10-20)5-2-1-3-6-15/h4,7H,1-3,5-6,8-10H2,(H,16,17,18,19). The number of amides is 1. The van der Waals surface area contributed by atoms with Gasteiger partial charge < -0.3 is 9.64 Å². The van der Waals surface area contributed by atoms with E-state index in [9.17, 15) is 4.79 Å². The van der Waals surface area contributed by atoms with Crippen LogP contribution in [0, 0.1) is 0 Å². The molecule has 4 rings (SSSR count). The lowest BCUT2D eigenvalue weighted by Crippen LogP contribution is -2.54. The maximum Gasteiger partial charge on any atom is 0.256 e. The van der Waals surface area contributed by atoms with Crippen molar-refractivity contribution in [2.24, 2.45) is 0 Å². The summed E-state index contributed by atoms with van der Waals surface area (Å²) in [6.45, 7) is 1.91. The Balaban J connectivity index is 1.61. The first-order chi connectivity index (χ1) is 10.8. The number of ether oxygens (including phenoxy) is 1. The molecule has 1 saturated heterocycles. The van der Waals surface area contributed by atoms with Gasteiger partial charge in [-0.2, -0.15) is 10.3 Å². The molecule has 1 N–H and O–H groups in total. The normalized spacial score (nSPS) is 21.4. The highest BCUT2D eigenvalue weighted by molar-refractivity contribution is 6.03. The third kappa shape index (κ3) is 2.25. The largest absolute Gasteiger partial charge is 0.371 e. The van der Waals surface area contributed by atoms with Gasteiger partial charge in [0.05, 0.1) is 24.3 Å². The second-order valence-electron chi connectivity index (χ2n) is 6.17. The van der Waals surface area contributed by atoms with Crippen LogP contribution in [0.4, 0.5) is 0 Å². The molecule has 1 spiro atoms. The van der Waals surface area contributed by atoms with Crippen LogP contribution < -0.4 is 0 Å². The first-order valence-corrected chi connectivity index (χ1v) is 7.86. The van der Waals surface area contributed by atoms with Gasteiger partial charge in [-0.3, -0.25) is 4.79 Å². The molecule has 1 aliphatic heterocycles. The smallest absolute Gasteiger partial charge is 0.256 e. The summed E-state index contributed by atoms with van der Waals surface area (Å²) in [5, 5.41) is 10.5. The molecule has 2 aromatic rings. The molecule has 1 saturated carbocycles. The zero-order valence-electron chi connectivity index (χ0n) is 12.4. The second-order valence-corrected chi connectivity index (χ2v) is 6.17. The fourth-order valence-corrected chi connectivity index (χ4v) is 3.62. The lowest BCUT2D eigenvalue weighted by atomic mass is 9.83. The van der Waals surface area contributed by atoms with Crippen LogP contribution in [0.5, 0.6) is 0 Å². The Labute approximate surface area is 128 Å². The van der Waals surface area contributed by atoms with E-state index in [0.717, 1.165) is 12.8 Å². The lowest BCUT2D eigenvalue weighted by Gasteiger charge is -2.45. The quantitative estimate of drug-likeness (QED) is 0.863. The molecular weight excluding hydrogens is 282 g/mol. The molecular formula is C15H19N5O2. The molecule has 0 radical (unpaired) electrons. The third-order valence-corrected chi connectivity index (χ3v) is 4.75. The number of nitrogens with one attached hydrogen (secondary N) is 1. The molecule has 7 nitrogen and oxygen atoms in total. The number of carbonyl (C=O) groups excluding carboxylic acids is 1. The summed E-state index contributed by atoms with van der Waals surface area (Å²) in [5.74, 6) is -0.00505. The number of rotatable bonds is 1. The molecule has 3 heterocycles. The van der Waals surface area contributed by atoms with Crippen LogP contribution >= 0.6 is 0 Å². The van der Waals surface area contributed by atoms with Crippen molar-refractivity contribution in [1.29, 1.82) is 0 Å². The van der Waals surface area contributed by atoms with Crippen molar-refractivity contribution in [2.75, 3.05) is 19.7 Å². The van der Waals surface area contributed by atoms with Crippen molar-refractivity contribution >= 4 is 17.1 Å². The minimum Gasteiger partial charge on any atom is -0.371 e. The Morgan fingerprint density at radius 1 is 1.27 bits per heavy atom. The van der Waals surface area contributed by atoms with E-state index < -0.39 is 0 Å². The van der Waals surface area contributed by atoms with Crippen LogP contribution in [-0.2, 0) is 4.74 Å². The fourth-order valence-electron chi connectivity index (χ4n) is 3.62. The lowest BCUT2D eigenvalue weighted by molar-refractivity contribution is -0.117. The van der Waals surface area contributed by atoms with E-state index in [0.29, 0.717) is 36.4 Å². The first-order valence-electron chi connectivity index (χ1n) is 7.86. The Morgan fingerprint density at radius 3 is 3.00 bits per heavy atom.